The summed E-state index contributed by atoms with van der Waals surface area (Å²) in [7, 11) is -3.03. The van der Waals surface area contributed by atoms with Crippen LogP contribution in [0.5, 0.6) is 0 Å². The van der Waals surface area contributed by atoms with E-state index in [4.69, 9.17) is 0 Å². The highest BCUT2D eigenvalue weighted by Gasteiger charge is 2.33. The number of sulfone groups is 1. The van der Waals surface area contributed by atoms with Gasteiger partial charge in [0.05, 0.1) is 17.3 Å². The van der Waals surface area contributed by atoms with Crippen LogP contribution in [0.15, 0.2) is 54.2 Å². The van der Waals surface area contributed by atoms with Crippen molar-refractivity contribution >= 4 is 27.4 Å². The normalized spacial score (nSPS) is 17.5. The van der Waals surface area contributed by atoms with Gasteiger partial charge in [-0.2, -0.15) is 0 Å². The molecule has 1 aliphatic rings. The lowest BCUT2D eigenvalue weighted by Gasteiger charge is -2.11. The Morgan fingerprint density at radius 3 is 2.66 bits per heavy atom. The van der Waals surface area contributed by atoms with Gasteiger partial charge in [0, 0.05) is 35.1 Å². The fourth-order valence-corrected chi connectivity index (χ4v) is 6.81. The number of nitrogens with zero attached hydrogens (tertiary/aromatic N) is 4. The smallest absolute Gasteiger partial charge is 0.191 e. The third-order valence-corrected chi connectivity index (χ3v) is 8.47. The number of ketones is 1. The molecule has 168 valence electrons. The second kappa shape index (κ2) is 9.07. The minimum atomic E-state index is -3.03. The zero-order valence-corrected chi connectivity index (χ0v) is 19.8. The van der Waals surface area contributed by atoms with Crippen molar-refractivity contribution in [3.05, 3.63) is 71.8 Å². The van der Waals surface area contributed by atoms with E-state index < -0.39 is 9.84 Å². The average molecular weight is 471 g/mol. The molecule has 4 rings (SSSR count). The molecule has 2 aromatic heterocycles. The minimum absolute atomic E-state index is 0.0171. The SMILES string of the molecule is C=CCn1c(SCC(=O)c2cc(C)n(-c3ccccc3)c2C)nnc1C1CCS(=O)(=O)C1. The Kier molecular flexibility index (Phi) is 6.39. The highest BCUT2D eigenvalue weighted by atomic mass is 32.2. The quantitative estimate of drug-likeness (QED) is 0.283. The predicted molar refractivity (Wildman–Crippen MR) is 127 cm³/mol. The van der Waals surface area contributed by atoms with Crippen molar-refractivity contribution in [3.63, 3.8) is 0 Å². The Labute approximate surface area is 192 Å². The summed E-state index contributed by atoms with van der Waals surface area (Å²) in [5, 5.41) is 9.14. The van der Waals surface area contributed by atoms with E-state index in [-0.39, 0.29) is 29.0 Å². The second-order valence-electron chi connectivity index (χ2n) is 8.01. The Hall–Kier alpha value is -2.65. The summed E-state index contributed by atoms with van der Waals surface area (Å²) in [6, 6.07) is 11.9. The van der Waals surface area contributed by atoms with Gasteiger partial charge in [0.1, 0.15) is 5.82 Å². The molecule has 1 aromatic carbocycles. The van der Waals surface area contributed by atoms with Crippen molar-refractivity contribution in [1.82, 2.24) is 19.3 Å². The van der Waals surface area contributed by atoms with E-state index in [2.05, 4.69) is 21.3 Å². The number of allylic oxidation sites excluding steroid dienone is 1. The number of hydrogen-bond donors (Lipinski definition) is 0. The van der Waals surface area contributed by atoms with Crippen LogP contribution in [0.2, 0.25) is 0 Å². The number of hydrogen-bond acceptors (Lipinski definition) is 6. The lowest BCUT2D eigenvalue weighted by Crippen LogP contribution is -2.12. The molecular formula is C23H26N4O3S2. The molecule has 32 heavy (non-hydrogen) atoms. The molecule has 7 nitrogen and oxygen atoms in total. The number of carbonyl (C=O) groups is 1. The van der Waals surface area contributed by atoms with Crippen LogP contribution in [0.3, 0.4) is 0 Å². The van der Waals surface area contributed by atoms with E-state index in [1.807, 2.05) is 54.8 Å². The molecular weight excluding hydrogens is 444 g/mol. The van der Waals surface area contributed by atoms with Crippen LogP contribution in [-0.2, 0) is 16.4 Å². The molecule has 0 bridgehead atoms. The molecule has 0 spiro atoms. The van der Waals surface area contributed by atoms with E-state index in [0.717, 1.165) is 17.1 Å². The number of rotatable bonds is 8. The lowest BCUT2D eigenvalue weighted by molar-refractivity contribution is 0.102. The standard InChI is InChI=1S/C23H26N4O3S2/c1-4-11-26-22(18-10-12-32(29,30)15-18)24-25-23(26)31-14-21(28)20-13-16(2)27(17(20)3)19-8-6-5-7-9-19/h4-9,13,18H,1,10-12,14-15H2,2-3H3. The molecule has 1 atom stereocenters. The number of aromatic nitrogens is 4. The first-order valence-corrected chi connectivity index (χ1v) is 13.3. The first-order chi connectivity index (χ1) is 15.3. The van der Waals surface area contributed by atoms with Gasteiger partial charge in [0.25, 0.3) is 0 Å². The maximum Gasteiger partial charge on any atom is 0.191 e. The molecule has 0 N–H and O–H groups in total. The summed E-state index contributed by atoms with van der Waals surface area (Å²) in [4.78, 5) is 13.1. The average Bonchev–Trinajstić information content (AvgIpc) is 3.42. The monoisotopic (exact) mass is 470 g/mol. The van der Waals surface area contributed by atoms with Crippen LogP contribution in [-0.4, -0.2) is 50.8 Å². The Bertz CT molecular complexity index is 1260. The topological polar surface area (TPSA) is 86.8 Å². The third-order valence-electron chi connectivity index (χ3n) is 5.73. The van der Waals surface area contributed by atoms with Gasteiger partial charge in [0.15, 0.2) is 20.8 Å². The van der Waals surface area contributed by atoms with Crippen molar-refractivity contribution in [1.29, 1.82) is 0 Å². The maximum atomic E-state index is 13.1. The van der Waals surface area contributed by atoms with Crippen LogP contribution in [0.4, 0.5) is 0 Å². The van der Waals surface area contributed by atoms with Gasteiger partial charge in [-0.25, -0.2) is 8.42 Å². The third kappa shape index (κ3) is 4.45. The summed E-state index contributed by atoms with van der Waals surface area (Å²) in [6.07, 6.45) is 2.28. The first kappa shape index (κ1) is 22.5. The largest absolute Gasteiger partial charge is 0.318 e. The molecule has 0 amide bonds. The van der Waals surface area contributed by atoms with Crippen LogP contribution in [0.25, 0.3) is 5.69 Å². The van der Waals surface area contributed by atoms with Crippen LogP contribution >= 0.6 is 11.8 Å². The van der Waals surface area contributed by atoms with Crippen LogP contribution in [0, 0.1) is 13.8 Å². The van der Waals surface area contributed by atoms with Gasteiger partial charge < -0.3 is 9.13 Å². The van der Waals surface area contributed by atoms with Crippen molar-refractivity contribution in [3.8, 4) is 5.69 Å². The van der Waals surface area contributed by atoms with Crippen molar-refractivity contribution in [2.24, 2.45) is 0 Å². The molecule has 0 saturated carbocycles. The highest BCUT2D eigenvalue weighted by molar-refractivity contribution is 7.99. The summed E-state index contributed by atoms with van der Waals surface area (Å²) in [6.45, 7) is 8.21. The second-order valence-corrected chi connectivity index (χ2v) is 11.2. The Morgan fingerprint density at radius 2 is 2.00 bits per heavy atom. The lowest BCUT2D eigenvalue weighted by atomic mass is 10.1. The van der Waals surface area contributed by atoms with Gasteiger partial charge >= 0.3 is 0 Å². The highest BCUT2D eigenvalue weighted by Crippen LogP contribution is 2.31. The van der Waals surface area contributed by atoms with Crippen LogP contribution in [0.1, 0.15) is 39.9 Å². The summed E-state index contributed by atoms with van der Waals surface area (Å²) >= 11 is 1.32. The number of benzene rings is 1. The number of Topliss-reactive ketones (excluding diaryl/α,β-unsaturated/α-hetero) is 1. The zero-order valence-electron chi connectivity index (χ0n) is 18.2. The first-order valence-electron chi connectivity index (χ1n) is 10.5. The van der Waals surface area contributed by atoms with Crippen molar-refractivity contribution < 1.29 is 13.2 Å². The van der Waals surface area contributed by atoms with Gasteiger partial charge in [-0.1, -0.05) is 36.0 Å². The molecule has 1 fully saturated rings. The molecule has 3 heterocycles. The molecule has 9 heteroatoms. The van der Waals surface area contributed by atoms with Gasteiger partial charge in [-0.3, -0.25) is 4.79 Å². The molecule has 1 aliphatic heterocycles. The Balaban J connectivity index is 1.53. The number of thioether (sulfide) groups is 1. The van der Waals surface area contributed by atoms with Gasteiger partial charge in [-0.05, 0) is 38.5 Å². The fourth-order valence-electron chi connectivity index (χ4n) is 4.24. The minimum Gasteiger partial charge on any atom is -0.318 e. The van der Waals surface area contributed by atoms with Crippen molar-refractivity contribution in [2.45, 2.75) is 37.9 Å². The molecule has 1 saturated heterocycles. The molecule has 0 radical (unpaired) electrons. The van der Waals surface area contributed by atoms with E-state index in [1.54, 1.807) is 6.08 Å². The number of carbonyl (C=O) groups excluding carboxylic acids is 1. The summed E-state index contributed by atoms with van der Waals surface area (Å²) in [5.41, 5.74) is 3.62. The van der Waals surface area contributed by atoms with E-state index >= 15 is 0 Å². The van der Waals surface area contributed by atoms with Crippen molar-refractivity contribution in [2.75, 3.05) is 17.3 Å². The summed E-state index contributed by atoms with van der Waals surface area (Å²) < 4.78 is 27.8. The molecule has 0 aliphatic carbocycles. The summed E-state index contributed by atoms with van der Waals surface area (Å²) in [5.74, 6) is 1.000. The molecule has 3 aromatic rings. The van der Waals surface area contributed by atoms with E-state index in [0.29, 0.717) is 29.5 Å². The fraction of sp³-hybridized carbons (Fsp3) is 0.348. The number of para-hydroxylation sites is 1. The maximum absolute atomic E-state index is 13.1. The number of aryl methyl sites for hydroxylation is 1. The van der Waals surface area contributed by atoms with Gasteiger partial charge in [-0.15, -0.1) is 16.8 Å². The van der Waals surface area contributed by atoms with Gasteiger partial charge in [0.2, 0.25) is 0 Å². The Morgan fingerprint density at radius 1 is 1.25 bits per heavy atom. The van der Waals surface area contributed by atoms with E-state index in [1.165, 1.54) is 11.8 Å². The molecule has 1 unspecified atom stereocenters. The zero-order chi connectivity index (χ0) is 22.9. The predicted octanol–water partition coefficient (Wildman–Crippen LogP) is 3.75. The van der Waals surface area contributed by atoms with E-state index in [9.17, 15) is 13.2 Å². The van der Waals surface area contributed by atoms with Crippen LogP contribution < -0.4 is 0 Å².